The van der Waals surface area contributed by atoms with E-state index in [4.69, 9.17) is 0 Å². The van der Waals surface area contributed by atoms with Crippen molar-refractivity contribution in [3.05, 3.63) is 45.6 Å². The van der Waals surface area contributed by atoms with Crippen LogP contribution in [0.5, 0.6) is 0 Å². The highest BCUT2D eigenvalue weighted by Crippen LogP contribution is 2.24. The number of nitro groups is 1. The van der Waals surface area contributed by atoms with E-state index in [1.165, 1.54) is 12.1 Å². The predicted molar refractivity (Wildman–Crippen MR) is 78.7 cm³/mol. The Bertz CT molecular complexity index is 664. The Hall–Kier alpha value is -2.50. The molecule has 1 saturated heterocycles. The molecule has 1 aromatic carbocycles. The van der Waals surface area contributed by atoms with Gasteiger partial charge in [-0.05, 0) is 24.5 Å². The van der Waals surface area contributed by atoms with Crippen molar-refractivity contribution in [1.82, 2.24) is 4.90 Å². The third kappa shape index (κ3) is 2.69. The maximum Gasteiger partial charge on any atom is 0.277 e. The minimum Gasteiger partial charge on any atom is -0.295 e. The summed E-state index contributed by atoms with van der Waals surface area (Å²) in [6.07, 6.45) is 5.60. The molecule has 0 aromatic heterocycles. The summed E-state index contributed by atoms with van der Waals surface area (Å²) in [5, 5.41) is 10.8. The van der Waals surface area contributed by atoms with Gasteiger partial charge in [-0.2, -0.15) is 0 Å². The van der Waals surface area contributed by atoms with Crippen LogP contribution in [0.1, 0.15) is 31.2 Å². The van der Waals surface area contributed by atoms with Crippen molar-refractivity contribution in [3.63, 3.8) is 0 Å². The maximum absolute atomic E-state index is 12.3. The number of benzene rings is 1. The van der Waals surface area contributed by atoms with Crippen molar-refractivity contribution >= 4 is 23.5 Å². The van der Waals surface area contributed by atoms with Crippen LogP contribution in [0.2, 0.25) is 0 Å². The molecule has 1 aromatic rings. The van der Waals surface area contributed by atoms with Gasteiger partial charge in [0.05, 0.1) is 4.92 Å². The zero-order valence-corrected chi connectivity index (χ0v) is 11.5. The lowest BCUT2D eigenvalue weighted by Crippen LogP contribution is -2.31. The van der Waals surface area contributed by atoms with Gasteiger partial charge in [0.15, 0.2) is 0 Å². The van der Waals surface area contributed by atoms with E-state index in [-0.39, 0.29) is 11.6 Å². The molecule has 0 spiro atoms. The summed E-state index contributed by atoms with van der Waals surface area (Å²) in [6.45, 7) is 0.712. The second-order valence-electron chi connectivity index (χ2n) is 5.18. The molecule has 3 rings (SSSR count). The second kappa shape index (κ2) is 5.47. The summed E-state index contributed by atoms with van der Waals surface area (Å²) in [7, 11) is 0. The first-order chi connectivity index (χ1) is 10.1. The summed E-state index contributed by atoms with van der Waals surface area (Å²) < 4.78 is 0. The molecular formula is C15H15N3O3. The molecule has 0 N–H and O–H groups in total. The number of rotatable bonds is 2. The number of amidine groups is 1. The van der Waals surface area contributed by atoms with Gasteiger partial charge in [-0.25, -0.2) is 4.99 Å². The Kier molecular flexibility index (Phi) is 3.51. The van der Waals surface area contributed by atoms with Crippen molar-refractivity contribution in [1.29, 1.82) is 0 Å². The molecule has 0 saturated carbocycles. The van der Waals surface area contributed by atoms with Crippen molar-refractivity contribution in [2.45, 2.75) is 25.7 Å². The average molecular weight is 285 g/mol. The minimum atomic E-state index is -0.447. The Morgan fingerprint density at radius 1 is 1.29 bits per heavy atom. The third-order valence-corrected chi connectivity index (χ3v) is 3.69. The summed E-state index contributed by atoms with van der Waals surface area (Å²) in [4.78, 5) is 28.8. The van der Waals surface area contributed by atoms with E-state index in [9.17, 15) is 14.9 Å². The summed E-state index contributed by atoms with van der Waals surface area (Å²) in [5.41, 5.74) is 0.999. The van der Waals surface area contributed by atoms with E-state index < -0.39 is 4.92 Å². The van der Waals surface area contributed by atoms with E-state index >= 15 is 0 Å². The number of non-ortho nitro benzene ring substituents is 1. The number of carbonyl (C=O) groups excluding carboxylic acids is 1. The summed E-state index contributed by atoms with van der Waals surface area (Å²) >= 11 is 0. The molecule has 0 atom stereocenters. The summed E-state index contributed by atoms with van der Waals surface area (Å²) in [5.74, 6) is 0.729. The molecule has 2 aliphatic rings. The van der Waals surface area contributed by atoms with Crippen LogP contribution in [0.25, 0.3) is 6.08 Å². The van der Waals surface area contributed by atoms with Gasteiger partial charge < -0.3 is 0 Å². The van der Waals surface area contributed by atoms with Crippen LogP contribution in [0.3, 0.4) is 0 Å². The number of fused-ring (bicyclic) bond motifs is 1. The quantitative estimate of drug-likeness (QED) is 0.476. The summed E-state index contributed by atoms with van der Waals surface area (Å²) in [6, 6.07) is 6.22. The molecule has 2 heterocycles. The van der Waals surface area contributed by atoms with Crippen molar-refractivity contribution in [3.8, 4) is 0 Å². The number of hydrogen-bond donors (Lipinski definition) is 0. The smallest absolute Gasteiger partial charge is 0.277 e. The molecule has 6 nitrogen and oxygen atoms in total. The molecule has 0 bridgehead atoms. The first-order valence-corrected chi connectivity index (χ1v) is 7.01. The second-order valence-corrected chi connectivity index (χ2v) is 5.18. The van der Waals surface area contributed by atoms with E-state index in [1.807, 2.05) is 0 Å². The van der Waals surface area contributed by atoms with Crippen molar-refractivity contribution in [2.75, 3.05) is 6.54 Å². The SMILES string of the molecule is O=C1/C(=C\c2cccc([N+](=O)[O-])c2)N=C2CCCCCN12. The topological polar surface area (TPSA) is 75.8 Å². The number of nitrogens with zero attached hydrogens (tertiary/aromatic N) is 3. The fourth-order valence-electron chi connectivity index (χ4n) is 2.63. The number of amides is 1. The van der Waals surface area contributed by atoms with Crippen LogP contribution in [0.15, 0.2) is 35.0 Å². The van der Waals surface area contributed by atoms with E-state index in [0.29, 0.717) is 17.8 Å². The van der Waals surface area contributed by atoms with E-state index in [2.05, 4.69) is 4.99 Å². The molecule has 0 radical (unpaired) electrons. The lowest BCUT2D eigenvalue weighted by Gasteiger charge is -2.13. The fraction of sp³-hybridized carbons (Fsp3) is 0.333. The van der Waals surface area contributed by atoms with Gasteiger partial charge >= 0.3 is 0 Å². The van der Waals surface area contributed by atoms with Gasteiger partial charge in [-0.3, -0.25) is 19.8 Å². The molecule has 2 aliphatic heterocycles. The highest BCUT2D eigenvalue weighted by atomic mass is 16.6. The number of hydrogen-bond acceptors (Lipinski definition) is 4. The lowest BCUT2D eigenvalue weighted by molar-refractivity contribution is -0.384. The third-order valence-electron chi connectivity index (χ3n) is 3.69. The number of nitro benzene ring substituents is 1. The standard InChI is InChI=1S/C15H15N3O3/c19-15-13(16-14-7-2-1-3-8-17(14)15)10-11-5-4-6-12(9-11)18(20)21/h4-6,9-10H,1-3,7-8H2/b13-10+. The van der Waals surface area contributed by atoms with Gasteiger partial charge in [0.25, 0.3) is 11.6 Å². The Labute approximate surface area is 121 Å². The zero-order valence-electron chi connectivity index (χ0n) is 11.5. The zero-order chi connectivity index (χ0) is 14.8. The molecule has 1 amide bonds. The van der Waals surface area contributed by atoms with Crippen molar-refractivity contribution in [2.24, 2.45) is 4.99 Å². The molecule has 1 fully saturated rings. The largest absolute Gasteiger partial charge is 0.295 e. The van der Waals surface area contributed by atoms with Gasteiger partial charge in [-0.15, -0.1) is 0 Å². The van der Waals surface area contributed by atoms with Gasteiger partial charge in [0, 0.05) is 25.1 Å². The van der Waals surface area contributed by atoms with Gasteiger partial charge in [-0.1, -0.05) is 18.6 Å². The van der Waals surface area contributed by atoms with Crippen LogP contribution in [0.4, 0.5) is 5.69 Å². The van der Waals surface area contributed by atoms with Crippen LogP contribution in [-0.4, -0.2) is 28.1 Å². The molecule has 6 heteroatoms. The highest BCUT2D eigenvalue weighted by Gasteiger charge is 2.30. The first kappa shape index (κ1) is 13.5. The molecule has 108 valence electrons. The fourth-order valence-corrected chi connectivity index (χ4v) is 2.63. The molecular weight excluding hydrogens is 270 g/mol. The van der Waals surface area contributed by atoms with E-state index in [1.54, 1.807) is 23.1 Å². The maximum atomic E-state index is 12.3. The lowest BCUT2D eigenvalue weighted by atomic mass is 10.1. The molecule has 0 aliphatic carbocycles. The highest BCUT2D eigenvalue weighted by molar-refractivity contribution is 6.14. The Balaban J connectivity index is 1.91. The normalized spacial score (nSPS) is 20.2. The monoisotopic (exact) mass is 285 g/mol. The van der Waals surface area contributed by atoms with Crippen LogP contribution in [-0.2, 0) is 4.79 Å². The predicted octanol–water partition coefficient (Wildman–Crippen LogP) is 2.75. The molecule has 0 unspecified atom stereocenters. The van der Waals surface area contributed by atoms with Crippen molar-refractivity contribution < 1.29 is 9.72 Å². The van der Waals surface area contributed by atoms with Crippen LogP contribution in [0, 0.1) is 10.1 Å². The number of carbonyl (C=O) groups is 1. The van der Waals surface area contributed by atoms with Gasteiger partial charge in [0.2, 0.25) is 0 Å². The molecule has 21 heavy (non-hydrogen) atoms. The van der Waals surface area contributed by atoms with E-state index in [0.717, 1.165) is 31.5 Å². The first-order valence-electron chi connectivity index (χ1n) is 7.01. The Morgan fingerprint density at radius 3 is 2.95 bits per heavy atom. The minimum absolute atomic E-state index is 0.0111. The average Bonchev–Trinajstić information content (AvgIpc) is 2.66. The van der Waals surface area contributed by atoms with Gasteiger partial charge in [0.1, 0.15) is 11.5 Å². The number of aliphatic imine (C=N–C) groups is 1. The van der Waals surface area contributed by atoms with Crippen LogP contribution < -0.4 is 0 Å². The van der Waals surface area contributed by atoms with Crippen LogP contribution >= 0.6 is 0 Å². The Morgan fingerprint density at radius 2 is 2.14 bits per heavy atom.